The van der Waals surface area contributed by atoms with Crippen LogP contribution in [-0.4, -0.2) is 37.9 Å². The van der Waals surface area contributed by atoms with Gasteiger partial charge in [0.05, 0.1) is 6.61 Å². The van der Waals surface area contributed by atoms with Gasteiger partial charge in [0.15, 0.2) is 6.10 Å². The molecule has 0 fully saturated rings. The maximum absolute atomic E-state index is 12.8. The topological polar surface area (TPSA) is 61.8 Å². The fourth-order valence-corrected chi connectivity index (χ4v) is 7.36. The second-order valence-corrected chi connectivity index (χ2v) is 17.4. The van der Waals surface area contributed by atoms with E-state index in [1.54, 1.807) is 0 Å². The van der Waals surface area contributed by atoms with Crippen LogP contribution in [-0.2, 0) is 23.8 Å². The molecule has 0 amide bonds. The van der Waals surface area contributed by atoms with Crippen molar-refractivity contribution in [3.63, 3.8) is 0 Å². The van der Waals surface area contributed by atoms with Gasteiger partial charge in [0.2, 0.25) is 0 Å². The highest BCUT2D eigenvalue weighted by Crippen LogP contribution is 2.16. The Balaban J connectivity index is 4.23. The first-order chi connectivity index (χ1) is 30.6. The molecule has 0 saturated carbocycles. The number of carbonyl (C=O) groups excluding carboxylic acids is 2. The maximum Gasteiger partial charge on any atom is 0.306 e. The van der Waals surface area contributed by atoms with Gasteiger partial charge in [0.1, 0.15) is 6.61 Å². The zero-order chi connectivity index (χ0) is 44.9. The minimum atomic E-state index is -0.563. The molecule has 1 atom stereocenters. The van der Waals surface area contributed by atoms with Gasteiger partial charge in [0, 0.05) is 19.4 Å². The van der Waals surface area contributed by atoms with Crippen molar-refractivity contribution in [3.8, 4) is 0 Å². The Labute approximate surface area is 385 Å². The van der Waals surface area contributed by atoms with E-state index in [1.165, 1.54) is 148 Å². The Bertz CT molecular complexity index is 1110. The lowest BCUT2D eigenvalue weighted by Crippen LogP contribution is -2.30. The number of rotatable bonds is 48. The van der Waals surface area contributed by atoms with Crippen molar-refractivity contribution in [2.24, 2.45) is 0 Å². The van der Waals surface area contributed by atoms with Crippen molar-refractivity contribution in [3.05, 3.63) is 72.9 Å². The zero-order valence-electron chi connectivity index (χ0n) is 41.1. The molecule has 0 heterocycles. The van der Waals surface area contributed by atoms with Gasteiger partial charge >= 0.3 is 11.9 Å². The maximum atomic E-state index is 12.8. The number of esters is 2. The number of carbonyl (C=O) groups is 2. The third-order valence-corrected chi connectivity index (χ3v) is 11.3. The van der Waals surface area contributed by atoms with Crippen LogP contribution < -0.4 is 0 Å². The van der Waals surface area contributed by atoms with Crippen molar-refractivity contribution in [2.45, 2.75) is 258 Å². The van der Waals surface area contributed by atoms with Crippen LogP contribution in [0.4, 0.5) is 0 Å². The van der Waals surface area contributed by atoms with E-state index >= 15 is 0 Å². The molecule has 0 bridgehead atoms. The number of allylic oxidation sites excluding steroid dienone is 12. The van der Waals surface area contributed by atoms with Crippen LogP contribution in [0.15, 0.2) is 72.9 Å². The third-order valence-electron chi connectivity index (χ3n) is 11.3. The molecule has 0 N–H and O–H groups in total. The lowest BCUT2D eigenvalue weighted by molar-refractivity contribution is -0.162. The van der Waals surface area contributed by atoms with E-state index < -0.39 is 6.10 Å². The highest BCUT2D eigenvalue weighted by atomic mass is 16.6. The van der Waals surface area contributed by atoms with Gasteiger partial charge in [0.25, 0.3) is 0 Å². The molecule has 0 aliphatic carbocycles. The summed E-state index contributed by atoms with van der Waals surface area (Å²) in [6.07, 6.45) is 67.9. The largest absolute Gasteiger partial charge is 0.462 e. The van der Waals surface area contributed by atoms with Gasteiger partial charge < -0.3 is 14.2 Å². The molecular formula is C57H100O5. The quantitative estimate of drug-likeness (QED) is 0.0346. The van der Waals surface area contributed by atoms with Gasteiger partial charge in [-0.05, 0) is 57.8 Å². The molecule has 5 heteroatoms. The summed E-state index contributed by atoms with van der Waals surface area (Å²) in [5.41, 5.74) is 0. The highest BCUT2D eigenvalue weighted by molar-refractivity contribution is 5.70. The molecule has 1 unspecified atom stereocenters. The monoisotopic (exact) mass is 865 g/mol. The van der Waals surface area contributed by atoms with Gasteiger partial charge in [-0.25, -0.2) is 0 Å². The Kier molecular flexibility index (Phi) is 50.4. The molecule has 5 nitrogen and oxygen atoms in total. The zero-order valence-corrected chi connectivity index (χ0v) is 41.1. The molecular weight excluding hydrogens is 765 g/mol. The Morgan fingerprint density at radius 3 is 1.13 bits per heavy atom. The van der Waals surface area contributed by atoms with Crippen LogP contribution in [0.2, 0.25) is 0 Å². The van der Waals surface area contributed by atoms with E-state index in [-0.39, 0.29) is 25.2 Å². The predicted octanol–water partition coefficient (Wildman–Crippen LogP) is 17.9. The third kappa shape index (κ3) is 50.0. The first-order valence-electron chi connectivity index (χ1n) is 26.5. The van der Waals surface area contributed by atoms with E-state index in [0.29, 0.717) is 25.9 Å². The first kappa shape index (κ1) is 59.3. The summed E-state index contributed by atoms with van der Waals surface area (Å²) in [5.74, 6) is -0.487. The summed E-state index contributed by atoms with van der Waals surface area (Å²) in [6.45, 7) is 7.64. The molecule has 0 aromatic carbocycles. The van der Waals surface area contributed by atoms with E-state index in [9.17, 15) is 9.59 Å². The molecule has 0 aliphatic rings. The van der Waals surface area contributed by atoms with E-state index in [4.69, 9.17) is 14.2 Å². The van der Waals surface area contributed by atoms with Crippen LogP contribution in [0.3, 0.4) is 0 Å². The summed E-state index contributed by atoms with van der Waals surface area (Å²) < 4.78 is 17.3. The van der Waals surface area contributed by atoms with Crippen LogP contribution in [0.1, 0.15) is 252 Å². The van der Waals surface area contributed by atoms with Crippen LogP contribution >= 0.6 is 0 Å². The van der Waals surface area contributed by atoms with Gasteiger partial charge in [-0.2, -0.15) is 0 Å². The molecule has 0 aromatic rings. The van der Waals surface area contributed by atoms with Crippen LogP contribution in [0.5, 0.6) is 0 Å². The molecule has 0 rings (SSSR count). The SMILES string of the molecule is CC/C=C\C/C=C\C/C=C\C/C=C\C/C=C\C/C=C\CCC(=O)OCC(COCCCCCCCCCC)OC(=O)CCCCCCCCCCCCCCCCCCCCC. The summed E-state index contributed by atoms with van der Waals surface area (Å²) >= 11 is 0. The molecule has 0 spiro atoms. The molecule has 0 radical (unpaired) electrons. The second kappa shape index (κ2) is 52.7. The van der Waals surface area contributed by atoms with Crippen LogP contribution in [0, 0.1) is 0 Å². The van der Waals surface area contributed by atoms with Crippen molar-refractivity contribution >= 4 is 11.9 Å². The summed E-state index contributed by atoms with van der Waals surface area (Å²) in [6, 6.07) is 0. The van der Waals surface area contributed by atoms with E-state index in [1.807, 2.05) is 6.08 Å². The van der Waals surface area contributed by atoms with Crippen molar-refractivity contribution in [1.29, 1.82) is 0 Å². The lowest BCUT2D eigenvalue weighted by Gasteiger charge is -2.18. The number of hydrogen-bond donors (Lipinski definition) is 0. The number of unbranched alkanes of at least 4 members (excludes halogenated alkanes) is 25. The second-order valence-electron chi connectivity index (χ2n) is 17.4. The minimum absolute atomic E-state index is 0.0466. The van der Waals surface area contributed by atoms with Gasteiger partial charge in [-0.15, -0.1) is 0 Å². The van der Waals surface area contributed by atoms with Gasteiger partial charge in [-0.1, -0.05) is 254 Å². The smallest absolute Gasteiger partial charge is 0.306 e. The fraction of sp³-hybridized carbons (Fsp3) is 0.754. The molecule has 0 aromatic heterocycles. The average molecular weight is 865 g/mol. The molecule has 358 valence electrons. The highest BCUT2D eigenvalue weighted by Gasteiger charge is 2.17. The Hall–Kier alpha value is -2.66. The fourth-order valence-electron chi connectivity index (χ4n) is 7.36. The summed E-state index contributed by atoms with van der Waals surface area (Å²) in [4.78, 5) is 25.3. The predicted molar refractivity (Wildman–Crippen MR) is 270 cm³/mol. The van der Waals surface area contributed by atoms with Crippen molar-refractivity contribution in [1.82, 2.24) is 0 Å². The molecule has 0 aliphatic heterocycles. The Morgan fingerprint density at radius 1 is 0.371 bits per heavy atom. The molecule has 62 heavy (non-hydrogen) atoms. The summed E-state index contributed by atoms with van der Waals surface area (Å²) in [5, 5.41) is 0. The summed E-state index contributed by atoms with van der Waals surface area (Å²) in [7, 11) is 0. The standard InChI is InChI=1S/C57H100O5/c1-4-7-10-13-16-19-21-23-25-27-29-31-33-35-37-39-41-44-47-50-56(58)61-54-55(53-60-52-49-46-43-18-15-12-9-6-3)62-57(59)51-48-45-42-40-38-36-34-32-30-28-26-24-22-20-17-14-11-8-5-2/h7,10,16,19,23,25,29,31,35,37,41,44,55H,4-6,8-9,11-15,17-18,20-22,24,26-28,30,32-34,36,38-40,42-43,45-54H2,1-3H3/b10-7-,19-16-,25-23-,31-29-,37-35-,44-41-. The number of ether oxygens (including phenoxy) is 3. The van der Waals surface area contributed by atoms with E-state index in [0.717, 1.165) is 64.2 Å². The normalized spacial score (nSPS) is 12.8. The minimum Gasteiger partial charge on any atom is -0.462 e. The average Bonchev–Trinajstić information content (AvgIpc) is 3.27. The Morgan fingerprint density at radius 2 is 0.726 bits per heavy atom. The van der Waals surface area contributed by atoms with Crippen LogP contribution in [0.25, 0.3) is 0 Å². The first-order valence-corrected chi connectivity index (χ1v) is 26.5. The number of hydrogen-bond acceptors (Lipinski definition) is 5. The van der Waals surface area contributed by atoms with Crippen molar-refractivity contribution in [2.75, 3.05) is 19.8 Å². The van der Waals surface area contributed by atoms with Crippen molar-refractivity contribution < 1.29 is 23.8 Å². The lowest BCUT2D eigenvalue weighted by atomic mass is 10.0. The van der Waals surface area contributed by atoms with Gasteiger partial charge in [-0.3, -0.25) is 9.59 Å². The molecule has 0 saturated heterocycles. The van der Waals surface area contributed by atoms with E-state index in [2.05, 4.69) is 87.6 Å².